The number of nitrogen functional groups attached to an aromatic ring is 2. The van der Waals surface area contributed by atoms with Gasteiger partial charge in [0.1, 0.15) is 34.7 Å². The van der Waals surface area contributed by atoms with Gasteiger partial charge >= 0.3 is 0 Å². The number of rotatable bonds is 22. The molecule has 0 aliphatic carbocycles. The van der Waals surface area contributed by atoms with Crippen LogP contribution in [-0.4, -0.2) is 136 Å². The Morgan fingerprint density at radius 1 is 0.530 bits per heavy atom. The molecule has 14 nitrogen and oxygen atoms in total. The summed E-state index contributed by atoms with van der Waals surface area (Å²) in [6.07, 6.45) is 3.98. The van der Waals surface area contributed by atoms with Crippen LogP contribution in [-0.2, 0) is 0 Å². The standard InChI is InChI=1S/C26H38N6O2.C26H32N4O2/c1-19-17-21(25(27)28)5-7-23(19)33-15-3-9-31-11-13-32(14-12-31)10-4-16-34-24-8-6-22(26(29)30)18-20(24)2;1-21-18-23(20-27)6-8-25(21)31-16-4-10-29-12-14-30(15-13-29)11-5-17-32-26-9-7-24(28-3)19-22(26)2/h5-8,17-18H,3-4,9-16H2,1-2H3,(H3,27,28)(H3,29,30);6-9,18-19H,4-5,10-17H2,1-2H3. The van der Waals surface area contributed by atoms with Crippen molar-refractivity contribution >= 4 is 17.4 Å². The molecule has 14 heteroatoms. The quantitative estimate of drug-likeness (QED) is 0.0269. The van der Waals surface area contributed by atoms with Crippen LogP contribution in [0.2, 0.25) is 0 Å². The zero-order valence-corrected chi connectivity index (χ0v) is 39.5. The molecule has 0 radical (unpaired) electrons. The van der Waals surface area contributed by atoms with E-state index >= 15 is 0 Å². The zero-order chi connectivity index (χ0) is 47.3. The van der Waals surface area contributed by atoms with E-state index in [-0.39, 0.29) is 11.7 Å². The predicted molar refractivity (Wildman–Crippen MR) is 264 cm³/mol. The number of aryl methyl sites for hydroxylation is 4. The van der Waals surface area contributed by atoms with Crippen LogP contribution in [0, 0.1) is 56.4 Å². The second-order valence-corrected chi connectivity index (χ2v) is 17.1. The topological polar surface area (TPSA) is 178 Å². The van der Waals surface area contributed by atoms with Crippen molar-refractivity contribution in [1.82, 2.24) is 19.6 Å². The van der Waals surface area contributed by atoms with Gasteiger partial charge in [0, 0.05) is 89.7 Å². The SMILES string of the molecule is Cc1cc(C(=N)N)ccc1OCCCN1CCN(CCCOc2ccc(C(=N)N)cc2C)CC1.[C-]#[N+]c1ccc(OCCCN2CCN(CCCOc3ccc(C#N)cc3C)CC2)c(C)c1. The number of ether oxygens (including phenoxy) is 4. The molecule has 0 atom stereocenters. The van der Waals surface area contributed by atoms with E-state index in [1.807, 2.05) is 94.4 Å². The Bertz CT molecular complexity index is 2110. The highest BCUT2D eigenvalue weighted by atomic mass is 16.5. The van der Waals surface area contributed by atoms with Crippen molar-refractivity contribution in [3.05, 3.63) is 123 Å². The third kappa shape index (κ3) is 16.7. The second kappa shape index (κ2) is 26.7. The third-order valence-corrected chi connectivity index (χ3v) is 12.0. The van der Waals surface area contributed by atoms with Crippen LogP contribution in [0.5, 0.6) is 23.0 Å². The number of nitriles is 1. The van der Waals surface area contributed by atoms with Crippen molar-refractivity contribution < 1.29 is 18.9 Å². The first-order chi connectivity index (χ1) is 31.9. The summed E-state index contributed by atoms with van der Waals surface area (Å²) in [7, 11) is 0. The summed E-state index contributed by atoms with van der Waals surface area (Å²) in [5.74, 6) is 3.63. The molecule has 2 aliphatic heterocycles. The number of benzene rings is 4. The maximum absolute atomic E-state index is 8.95. The number of hydrogen-bond donors (Lipinski definition) is 4. The van der Waals surface area contributed by atoms with Crippen molar-refractivity contribution in [2.24, 2.45) is 11.5 Å². The molecule has 2 heterocycles. The number of amidine groups is 2. The molecule has 0 bridgehead atoms. The van der Waals surface area contributed by atoms with Crippen LogP contribution in [0.1, 0.15) is 64.6 Å². The molecule has 2 saturated heterocycles. The van der Waals surface area contributed by atoms with E-state index in [2.05, 4.69) is 30.5 Å². The summed E-state index contributed by atoms with van der Waals surface area (Å²) in [6, 6.07) is 24.6. The average molecular weight is 899 g/mol. The lowest BCUT2D eigenvalue weighted by Gasteiger charge is -2.34. The first-order valence-corrected chi connectivity index (χ1v) is 23.2. The van der Waals surface area contributed by atoms with E-state index < -0.39 is 0 Å². The molecule has 4 aromatic rings. The molecule has 0 aromatic heterocycles. The fourth-order valence-electron chi connectivity index (χ4n) is 8.06. The first kappa shape index (κ1) is 50.8. The molecule has 0 spiro atoms. The van der Waals surface area contributed by atoms with Gasteiger partial charge in [0.25, 0.3) is 0 Å². The molecule has 4 aromatic carbocycles. The van der Waals surface area contributed by atoms with E-state index in [0.29, 0.717) is 37.7 Å². The summed E-state index contributed by atoms with van der Waals surface area (Å²) in [4.78, 5) is 13.5. The maximum atomic E-state index is 8.95. The highest BCUT2D eigenvalue weighted by Crippen LogP contribution is 2.25. The van der Waals surface area contributed by atoms with Crippen LogP contribution in [0.4, 0.5) is 5.69 Å². The third-order valence-electron chi connectivity index (χ3n) is 12.0. The number of piperazine rings is 2. The van der Waals surface area contributed by atoms with Crippen molar-refractivity contribution in [2.75, 3.05) is 105 Å². The number of nitrogens with zero attached hydrogens (tertiary/aromatic N) is 6. The minimum absolute atomic E-state index is 0.0804. The Balaban J connectivity index is 0.000000248. The molecule has 6 rings (SSSR count). The Labute approximate surface area is 392 Å². The lowest BCUT2D eigenvalue weighted by molar-refractivity contribution is 0.120. The lowest BCUT2D eigenvalue weighted by atomic mass is 10.1. The molecule has 0 amide bonds. The molecular formula is C52H70N10O4. The van der Waals surface area contributed by atoms with Crippen LogP contribution >= 0.6 is 0 Å². The molecule has 2 fully saturated rings. The van der Waals surface area contributed by atoms with Crippen molar-refractivity contribution in [1.29, 1.82) is 16.1 Å². The van der Waals surface area contributed by atoms with E-state index in [1.54, 1.807) is 6.07 Å². The highest BCUT2D eigenvalue weighted by Gasteiger charge is 2.18. The van der Waals surface area contributed by atoms with Crippen LogP contribution in [0.25, 0.3) is 4.85 Å². The number of hydrogen-bond acceptors (Lipinski definition) is 11. The van der Waals surface area contributed by atoms with Crippen molar-refractivity contribution in [2.45, 2.75) is 53.4 Å². The molecule has 2 aliphatic rings. The van der Waals surface area contributed by atoms with E-state index in [0.717, 1.165) is 161 Å². The van der Waals surface area contributed by atoms with Gasteiger partial charge in [0.2, 0.25) is 0 Å². The predicted octanol–water partition coefficient (Wildman–Crippen LogP) is 7.31. The van der Waals surface area contributed by atoms with Gasteiger partial charge in [-0.15, -0.1) is 0 Å². The fraction of sp³-hybridized carbons (Fsp3) is 0.462. The van der Waals surface area contributed by atoms with Gasteiger partial charge in [-0.1, -0.05) is 6.07 Å². The summed E-state index contributed by atoms with van der Waals surface area (Å²) in [5, 5.41) is 24.0. The Morgan fingerprint density at radius 2 is 0.848 bits per heavy atom. The lowest BCUT2D eigenvalue weighted by Crippen LogP contribution is -2.47. The molecule has 0 unspecified atom stereocenters. The number of nitrogens with two attached hydrogens (primary N) is 2. The van der Waals surface area contributed by atoms with Gasteiger partial charge in [-0.25, -0.2) is 4.85 Å². The minimum Gasteiger partial charge on any atom is -0.493 e. The van der Waals surface area contributed by atoms with E-state index in [9.17, 15) is 0 Å². The van der Waals surface area contributed by atoms with Gasteiger partial charge < -0.3 is 50.0 Å². The van der Waals surface area contributed by atoms with Crippen LogP contribution in [0.15, 0.2) is 72.8 Å². The van der Waals surface area contributed by atoms with Crippen molar-refractivity contribution in [3.8, 4) is 29.1 Å². The summed E-state index contributed by atoms with van der Waals surface area (Å²) >= 11 is 0. The highest BCUT2D eigenvalue weighted by molar-refractivity contribution is 5.95. The van der Waals surface area contributed by atoms with Gasteiger partial charge in [-0.3, -0.25) is 10.8 Å². The van der Waals surface area contributed by atoms with Crippen LogP contribution in [0.3, 0.4) is 0 Å². The fourth-order valence-corrected chi connectivity index (χ4v) is 8.06. The molecule has 6 N–H and O–H groups in total. The van der Waals surface area contributed by atoms with Gasteiger partial charge in [0.15, 0.2) is 5.69 Å². The summed E-state index contributed by atoms with van der Waals surface area (Å²) < 4.78 is 23.7. The smallest absolute Gasteiger partial charge is 0.187 e. The Morgan fingerprint density at radius 3 is 1.14 bits per heavy atom. The van der Waals surface area contributed by atoms with Gasteiger partial charge in [-0.05, 0) is 142 Å². The molecule has 66 heavy (non-hydrogen) atoms. The average Bonchev–Trinajstić information content (AvgIpc) is 3.32. The second-order valence-electron chi connectivity index (χ2n) is 17.1. The Hall–Kier alpha value is -6.16. The normalized spacial score (nSPS) is 14.6. The largest absolute Gasteiger partial charge is 0.493 e. The first-order valence-electron chi connectivity index (χ1n) is 23.2. The minimum atomic E-state index is 0.0804. The van der Waals surface area contributed by atoms with E-state index in [1.165, 1.54) is 0 Å². The van der Waals surface area contributed by atoms with E-state index in [4.69, 9.17) is 53.1 Å². The van der Waals surface area contributed by atoms with Gasteiger partial charge in [0.05, 0.1) is 44.6 Å². The summed E-state index contributed by atoms with van der Waals surface area (Å²) in [6.45, 7) is 30.6. The van der Waals surface area contributed by atoms with Gasteiger partial charge in [-0.2, -0.15) is 5.26 Å². The molecule has 352 valence electrons. The zero-order valence-electron chi connectivity index (χ0n) is 39.5. The van der Waals surface area contributed by atoms with Crippen molar-refractivity contribution in [3.63, 3.8) is 0 Å². The molecule has 0 saturated carbocycles. The monoisotopic (exact) mass is 899 g/mol. The Kier molecular flexibility index (Phi) is 20.6. The number of nitrogens with one attached hydrogen (secondary N) is 2. The molecular weight excluding hydrogens is 829 g/mol. The summed E-state index contributed by atoms with van der Waals surface area (Å²) in [5.41, 5.74) is 17.9. The van der Waals surface area contributed by atoms with Crippen LogP contribution < -0.4 is 30.4 Å². The maximum Gasteiger partial charge on any atom is 0.187 e.